The molecule has 0 fully saturated rings. The third-order valence-electron chi connectivity index (χ3n) is 2.17. The van der Waals surface area contributed by atoms with Gasteiger partial charge in [-0.2, -0.15) is 0 Å². The van der Waals surface area contributed by atoms with E-state index >= 15 is 0 Å². The Morgan fingerprint density at radius 2 is 1.75 bits per heavy atom. The molecule has 0 aliphatic carbocycles. The van der Waals surface area contributed by atoms with E-state index in [-0.39, 0.29) is 0 Å². The fourth-order valence-electron chi connectivity index (χ4n) is 1.03. The molecule has 8 heteroatoms. The quantitative estimate of drug-likeness (QED) is 0.266. The summed E-state index contributed by atoms with van der Waals surface area (Å²) in [7, 11) is 0. The van der Waals surface area contributed by atoms with Crippen LogP contribution in [0.25, 0.3) is 0 Å². The van der Waals surface area contributed by atoms with E-state index in [0.717, 1.165) is 6.92 Å². The molecule has 0 bridgehead atoms. The summed E-state index contributed by atoms with van der Waals surface area (Å²) < 4.78 is -1.25. The number of halogens is 1. The molecule has 0 aromatic heterocycles. The molecule has 0 saturated carbocycles. The first kappa shape index (κ1) is 15.6. The minimum absolute atomic E-state index is 0.834. The molecule has 0 radical (unpaired) electrons. The van der Waals surface area contributed by atoms with E-state index in [4.69, 9.17) is 10.2 Å². The lowest BCUT2D eigenvalue weighted by atomic mass is 9.88. The van der Waals surface area contributed by atoms with Crippen molar-refractivity contribution in [2.24, 2.45) is 0 Å². The van der Waals surface area contributed by atoms with Gasteiger partial charge >= 0.3 is 0 Å². The third kappa shape index (κ3) is 2.84. The van der Waals surface area contributed by atoms with Crippen LogP contribution in [0.2, 0.25) is 0 Å². The molecule has 4 atom stereocenters. The van der Waals surface area contributed by atoms with Crippen molar-refractivity contribution >= 4 is 26.4 Å². The summed E-state index contributed by atoms with van der Waals surface area (Å²) in [6.45, 7) is -0.0664. The van der Waals surface area contributed by atoms with Crippen LogP contribution in [0.3, 0.4) is 0 Å². The molecule has 94 valence electrons. The van der Waals surface area contributed by atoms with Crippen molar-refractivity contribution in [1.82, 2.24) is 0 Å². The zero-order valence-corrected chi connectivity index (χ0v) is 9.96. The normalized spacial score (nSPS) is 20.7. The van der Waals surface area contributed by atoms with Crippen LogP contribution < -0.4 is 0 Å². The van der Waals surface area contributed by atoms with Gasteiger partial charge in [0.25, 0.3) is 0 Å². The molecular formula is C8H13BrO7. The number of rotatable bonds is 6. The van der Waals surface area contributed by atoms with Gasteiger partial charge in [-0.05, 0) is 22.9 Å². The zero-order chi connectivity index (χ0) is 13.1. The van der Waals surface area contributed by atoms with E-state index in [2.05, 4.69) is 15.9 Å². The Bertz CT molecular complexity index is 266. The highest BCUT2D eigenvalue weighted by Gasteiger charge is 2.51. The highest BCUT2D eigenvalue weighted by Crippen LogP contribution is 2.21. The van der Waals surface area contributed by atoms with Gasteiger partial charge in [0.1, 0.15) is 18.3 Å². The smallest absolute Gasteiger partial charge is 0.239 e. The molecule has 5 N–H and O–H groups in total. The lowest BCUT2D eigenvalue weighted by Crippen LogP contribution is -2.60. The van der Waals surface area contributed by atoms with Crippen molar-refractivity contribution in [2.75, 3.05) is 6.61 Å². The maximum absolute atomic E-state index is 11.0. The summed E-state index contributed by atoms with van der Waals surface area (Å²) in [5, 5.41) is 45.8. The average Bonchev–Trinajstić information content (AvgIpc) is 2.23. The van der Waals surface area contributed by atoms with Crippen LogP contribution in [0.4, 0.5) is 0 Å². The first-order valence-corrected chi connectivity index (χ1v) is 5.07. The molecular weight excluding hydrogens is 288 g/mol. The van der Waals surface area contributed by atoms with Crippen LogP contribution in [-0.4, -0.2) is 66.5 Å². The van der Waals surface area contributed by atoms with Crippen molar-refractivity contribution < 1.29 is 35.1 Å². The van der Waals surface area contributed by atoms with Gasteiger partial charge < -0.3 is 25.5 Å². The van der Waals surface area contributed by atoms with Crippen LogP contribution in [0, 0.1) is 0 Å². The van der Waals surface area contributed by atoms with Gasteiger partial charge in [-0.1, -0.05) is 0 Å². The molecule has 0 spiro atoms. The Morgan fingerprint density at radius 1 is 1.31 bits per heavy atom. The topological polar surface area (TPSA) is 135 Å². The van der Waals surface area contributed by atoms with Gasteiger partial charge in [-0.3, -0.25) is 9.59 Å². The third-order valence-corrected chi connectivity index (χ3v) is 2.77. The van der Waals surface area contributed by atoms with Gasteiger partial charge in [0, 0.05) is 0 Å². The Morgan fingerprint density at radius 3 is 2.00 bits per heavy atom. The van der Waals surface area contributed by atoms with E-state index in [1.54, 1.807) is 0 Å². The molecule has 0 saturated heterocycles. The zero-order valence-electron chi connectivity index (χ0n) is 8.37. The molecule has 0 heterocycles. The predicted octanol–water partition coefficient (Wildman–Crippen LogP) is -2.70. The molecule has 0 aliphatic rings. The Balaban J connectivity index is 5.11. The standard InChI is InChI=1S/C8H13BrO7/c1-3(11)8(16,7(9)15)6(14)5(13)4(12)2-10/h4-6,10,12-14,16H,2H2,1H3/t4-,5-,6+,8-/m1/s1. The largest absolute Gasteiger partial charge is 0.394 e. The van der Waals surface area contributed by atoms with E-state index in [1.165, 1.54) is 0 Å². The van der Waals surface area contributed by atoms with E-state index in [0.29, 0.717) is 0 Å². The summed E-state index contributed by atoms with van der Waals surface area (Å²) in [6.07, 6.45) is -6.08. The van der Waals surface area contributed by atoms with Crippen LogP contribution >= 0.6 is 15.9 Å². The molecule has 16 heavy (non-hydrogen) atoms. The van der Waals surface area contributed by atoms with Crippen LogP contribution in [0.1, 0.15) is 6.92 Å². The fourth-order valence-corrected chi connectivity index (χ4v) is 1.54. The summed E-state index contributed by atoms with van der Waals surface area (Å²) in [6, 6.07) is 0. The maximum atomic E-state index is 11.0. The fraction of sp³-hybridized carbons (Fsp3) is 0.750. The first-order chi connectivity index (χ1) is 7.19. The number of aliphatic hydroxyl groups excluding tert-OH is 4. The summed E-state index contributed by atoms with van der Waals surface area (Å²) in [5.41, 5.74) is -2.87. The molecule has 7 nitrogen and oxygen atoms in total. The second kappa shape index (κ2) is 5.80. The number of Topliss-reactive ketones (excluding diaryl/α,β-unsaturated/α-hetero) is 1. The van der Waals surface area contributed by atoms with Crippen LogP contribution in [0.5, 0.6) is 0 Å². The predicted molar refractivity (Wildman–Crippen MR) is 54.7 cm³/mol. The number of hydrogen-bond acceptors (Lipinski definition) is 7. The van der Waals surface area contributed by atoms with E-state index in [1.807, 2.05) is 0 Å². The Labute approximate surface area is 99.5 Å². The first-order valence-electron chi connectivity index (χ1n) is 4.28. The van der Waals surface area contributed by atoms with Crippen molar-refractivity contribution in [1.29, 1.82) is 0 Å². The Kier molecular flexibility index (Phi) is 5.66. The number of hydrogen-bond donors (Lipinski definition) is 5. The monoisotopic (exact) mass is 300 g/mol. The number of carbonyl (C=O) groups excluding carboxylic acids is 2. The summed E-state index contributed by atoms with van der Waals surface area (Å²) in [4.78, 5) is 22.0. The van der Waals surface area contributed by atoms with Gasteiger partial charge in [0.15, 0.2) is 5.78 Å². The lowest BCUT2D eigenvalue weighted by molar-refractivity contribution is -0.174. The minimum Gasteiger partial charge on any atom is -0.394 e. The van der Waals surface area contributed by atoms with Gasteiger partial charge in [0.05, 0.1) is 6.61 Å². The molecule has 0 aliphatic heterocycles. The van der Waals surface area contributed by atoms with Crippen LogP contribution in [0.15, 0.2) is 0 Å². The van der Waals surface area contributed by atoms with Crippen LogP contribution in [-0.2, 0) is 9.59 Å². The molecule has 0 aromatic carbocycles. The highest BCUT2D eigenvalue weighted by molar-refractivity contribution is 9.18. The molecule has 0 aromatic rings. The van der Waals surface area contributed by atoms with Crippen molar-refractivity contribution in [2.45, 2.75) is 30.8 Å². The molecule has 0 rings (SSSR count). The van der Waals surface area contributed by atoms with Gasteiger partial charge in [-0.15, -0.1) is 0 Å². The second-order valence-electron chi connectivity index (χ2n) is 3.28. The highest BCUT2D eigenvalue weighted by atomic mass is 79.9. The average molecular weight is 301 g/mol. The molecule has 0 unspecified atom stereocenters. The summed E-state index contributed by atoms with van der Waals surface area (Å²) >= 11 is 2.31. The Hall–Kier alpha value is -0.380. The minimum atomic E-state index is -2.87. The number of aliphatic hydroxyl groups is 5. The summed E-state index contributed by atoms with van der Waals surface area (Å²) in [5.74, 6) is -1.11. The van der Waals surface area contributed by atoms with Crippen molar-refractivity contribution in [3.63, 3.8) is 0 Å². The lowest BCUT2D eigenvalue weighted by Gasteiger charge is -2.31. The van der Waals surface area contributed by atoms with Crippen molar-refractivity contribution in [3.8, 4) is 0 Å². The van der Waals surface area contributed by atoms with Gasteiger partial charge in [0.2, 0.25) is 10.3 Å². The van der Waals surface area contributed by atoms with Crippen molar-refractivity contribution in [3.05, 3.63) is 0 Å². The SMILES string of the molecule is CC(=O)[C@](O)(C(=O)Br)[C@@H](O)[C@H](O)[C@H](O)CO. The second-order valence-corrected chi connectivity index (χ2v) is 4.00. The van der Waals surface area contributed by atoms with E-state index < -0.39 is 41.0 Å². The van der Waals surface area contributed by atoms with E-state index in [9.17, 15) is 24.9 Å². The number of ketones is 1. The number of carbonyl (C=O) groups is 2. The molecule has 0 amide bonds. The van der Waals surface area contributed by atoms with Gasteiger partial charge in [-0.25, -0.2) is 0 Å². The maximum Gasteiger partial charge on any atom is 0.239 e.